The molecule has 0 bridgehead atoms. The molecule has 2 rings (SSSR count). The number of aliphatic imine (C=N–C) groups is 1. The molecule has 0 aliphatic carbocycles. The molecule has 0 aromatic heterocycles. The van der Waals surface area contributed by atoms with Crippen molar-refractivity contribution in [2.75, 3.05) is 12.5 Å². The first-order valence-electron chi connectivity index (χ1n) is 4.93. The minimum absolute atomic E-state index is 0.131. The molecule has 1 aliphatic heterocycles. The molecule has 0 atom stereocenters. The number of benzene rings is 1. The van der Waals surface area contributed by atoms with E-state index in [1.165, 1.54) is 28.4 Å². The van der Waals surface area contributed by atoms with Crippen molar-refractivity contribution in [2.45, 2.75) is 4.90 Å². The van der Waals surface area contributed by atoms with E-state index < -0.39 is 0 Å². The summed E-state index contributed by atoms with van der Waals surface area (Å²) in [5.41, 5.74) is 1.04. The van der Waals surface area contributed by atoms with Crippen LogP contribution in [-0.2, 0) is 4.79 Å². The summed E-state index contributed by atoms with van der Waals surface area (Å²) >= 11 is 4.65. The Morgan fingerprint density at radius 2 is 1.88 bits per heavy atom. The minimum Gasteiger partial charge on any atom is -0.266 e. The topological polar surface area (TPSA) is 29.4 Å². The number of nitrogens with zero attached hydrogens (tertiary/aromatic N) is 1. The summed E-state index contributed by atoms with van der Waals surface area (Å²) in [5.74, 6) is -0.131. The Labute approximate surface area is 113 Å². The zero-order valence-corrected chi connectivity index (χ0v) is 11.9. The highest BCUT2D eigenvalue weighted by Crippen LogP contribution is 2.32. The van der Waals surface area contributed by atoms with Gasteiger partial charge in [-0.2, -0.15) is 4.99 Å². The van der Waals surface area contributed by atoms with Gasteiger partial charge in [0.05, 0.1) is 4.91 Å². The van der Waals surface area contributed by atoms with Crippen LogP contribution in [0.5, 0.6) is 0 Å². The second-order valence-electron chi connectivity index (χ2n) is 3.27. The van der Waals surface area contributed by atoms with Crippen LogP contribution >= 0.6 is 35.3 Å². The molecule has 1 aromatic rings. The van der Waals surface area contributed by atoms with E-state index in [0.29, 0.717) is 4.91 Å². The molecule has 0 spiro atoms. The first-order chi connectivity index (χ1) is 8.22. The van der Waals surface area contributed by atoms with Gasteiger partial charge in [0.15, 0.2) is 0 Å². The van der Waals surface area contributed by atoms with Gasteiger partial charge in [-0.1, -0.05) is 23.9 Å². The van der Waals surface area contributed by atoms with Crippen LogP contribution in [0.15, 0.2) is 39.1 Å². The minimum atomic E-state index is -0.131. The van der Waals surface area contributed by atoms with E-state index in [0.717, 1.165) is 9.94 Å². The first-order valence-corrected chi connectivity index (χ1v) is 8.20. The number of amides is 1. The van der Waals surface area contributed by atoms with Gasteiger partial charge in [-0.25, -0.2) is 0 Å². The van der Waals surface area contributed by atoms with Gasteiger partial charge < -0.3 is 0 Å². The van der Waals surface area contributed by atoms with Gasteiger partial charge in [-0.15, -0.1) is 23.5 Å². The van der Waals surface area contributed by atoms with Crippen molar-refractivity contribution in [3.63, 3.8) is 0 Å². The molecule has 0 N–H and O–H groups in total. The summed E-state index contributed by atoms with van der Waals surface area (Å²) in [7, 11) is 0. The Kier molecular flexibility index (Phi) is 4.36. The highest BCUT2D eigenvalue weighted by atomic mass is 32.2. The second-order valence-corrected chi connectivity index (χ2v) is 6.23. The van der Waals surface area contributed by atoms with Crippen molar-refractivity contribution in [2.24, 2.45) is 4.99 Å². The molecule has 0 fully saturated rings. The number of carbonyl (C=O) groups is 1. The Morgan fingerprint density at radius 3 is 2.41 bits per heavy atom. The van der Waals surface area contributed by atoms with Crippen molar-refractivity contribution in [3.05, 3.63) is 34.7 Å². The van der Waals surface area contributed by atoms with Gasteiger partial charge in [0.25, 0.3) is 5.91 Å². The third kappa shape index (κ3) is 3.18. The highest BCUT2D eigenvalue weighted by molar-refractivity contribution is 8.40. The molecular weight excluding hydrogens is 270 g/mol. The number of thioether (sulfide) groups is 3. The Bertz CT molecular complexity index is 491. The number of hydrogen-bond donors (Lipinski definition) is 0. The van der Waals surface area contributed by atoms with Crippen LogP contribution < -0.4 is 0 Å². The van der Waals surface area contributed by atoms with Crippen molar-refractivity contribution < 1.29 is 4.79 Å². The fraction of sp³-hybridized carbons (Fsp3) is 0.167. The Balaban J connectivity index is 2.17. The Hall–Kier alpha value is -0.650. The molecule has 17 heavy (non-hydrogen) atoms. The molecule has 1 aliphatic rings. The molecule has 0 unspecified atom stereocenters. The first kappa shape index (κ1) is 12.8. The molecular formula is C12H11NOS3. The number of rotatable bonds is 2. The van der Waals surface area contributed by atoms with Crippen LogP contribution in [0.3, 0.4) is 0 Å². The molecule has 2 nitrogen and oxygen atoms in total. The van der Waals surface area contributed by atoms with E-state index in [1.54, 1.807) is 11.8 Å². The molecule has 0 saturated carbocycles. The van der Waals surface area contributed by atoms with Gasteiger partial charge in [0.2, 0.25) is 0 Å². The maximum absolute atomic E-state index is 11.6. The third-order valence-corrected chi connectivity index (χ3v) is 4.90. The van der Waals surface area contributed by atoms with Gasteiger partial charge in [0, 0.05) is 4.90 Å². The van der Waals surface area contributed by atoms with Crippen molar-refractivity contribution >= 4 is 51.6 Å². The van der Waals surface area contributed by atoms with Gasteiger partial charge in [-0.05, 0) is 36.3 Å². The quantitative estimate of drug-likeness (QED) is 0.610. The second kappa shape index (κ2) is 5.80. The summed E-state index contributed by atoms with van der Waals surface area (Å²) in [6.45, 7) is 0. The lowest BCUT2D eigenvalue weighted by molar-refractivity contribution is -0.113. The van der Waals surface area contributed by atoms with E-state index in [1.807, 2.05) is 30.7 Å². The molecule has 0 radical (unpaired) electrons. The predicted octanol–water partition coefficient (Wildman–Crippen LogP) is 3.74. The lowest BCUT2D eigenvalue weighted by atomic mass is 10.2. The standard InChI is InChI=1S/C12H11NOS3/c1-15-9-5-3-8(4-6-9)7-10-11(14)13-12(16-2)17-10/h3-7H,1-2H3/b10-7-. The van der Waals surface area contributed by atoms with E-state index >= 15 is 0 Å². The van der Waals surface area contributed by atoms with Crippen LogP contribution in [0.25, 0.3) is 6.08 Å². The van der Waals surface area contributed by atoms with Crippen LogP contribution in [-0.4, -0.2) is 22.8 Å². The van der Waals surface area contributed by atoms with Crippen molar-refractivity contribution in [1.82, 2.24) is 0 Å². The Morgan fingerprint density at radius 1 is 1.18 bits per heavy atom. The smallest absolute Gasteiger partial charge is 0.266 e. The van der Waals surface area contributed by atoms with Gasteiger partial charge in [0.1, 0.15) is 4.38 Å². The summed E-state index contributed by atoms with van der Waals surface area (Å²) in [5, 5.41) is 0. The normalized spacial score (nSPS) is 17.6. The molecule has 88 valence electrons. The van der Waals surface area contributed by atoms with Crippen molar-refractivity contribution in [1.29, 1.82) is 0 Å². The van der Waals surface area contributed by atoms with Gasteiger partial charge in [-0.3, -0.25) is 4.79 Å². The lowest BCUT2D eigenvalue weighted by Gasteiger charge is -1.98. The molecule has 5 heteroatoms. The third-order valence-electron chi connectivity index (χ3n) is 2.19. The molecule has 1 aromatic carbocycles. The maximum atomic E-state index is 11.6. The zero-order valence-electron chi connectivity index (χ0n) is 9.47. The molecule has 1 amide bonds. The summed E-state index contributed by atoms with van der Waals surface area (Å²) in [4.78, 5) is 17.4. The van der Waals surface area contributed by atoms with Crippen LogP contribution in [0.4, 0.5) is 0 Å². The van der Waals surface area contributed by atoms with Crippen LogP contribution in [0, 0.1) is 0 Å². The fourth-order valence-electron chi connectivity index (χ4n) is 1.33. The summed E-state index contributed by atoms with van der Waals surface area (Å²) in [6, 6.07) is 8.14. The number of carbonyl (C=O) groups excluding carboxylic acids is 1. The zero-order chi connectivity index (χ0) is 12.3. The van der Waals surface area contributed by atoms with E-state index in [9.17, 15) is 4.79 Å². The van der Waals surface area contributed by atoms with Crippen LogP contribution in [0.1, 0.15) is 5.56 Å². The van der Waals surface area contributed by atoms with Gasteiger partial charge >= 0.3 is 0 Å². The van der Waals surface area contributed by atoms with Crippen molar-refractivity contribution in [3.8, 4) is 0 Å². The average molecular weight is 281 g/mol. The molecule has 1 heterocycles. The van der Waals surface area contributed by atoms with E-state index in [4.69, 9.17) is 0 Å². The van der Waals surface area contributed by atoms with E-state index in [-0.39, 0.29) is 5.91 Å². The summed E-state index contributed by atoms with van der Waals surface area (Å²) in [6.07, 6.45) is 5.86. The monoisotopic (exact) mass is 281 g/mol. The summed E-state index contributed by atoms with van der Waals surface area (Å²) < 4.78 is 0.821. The number of hydrogen-bond acceptors (Lipinski definition) is 4. The largest absolute Gasteiger partial charge is 0.285 e. The molecule has 0 saturated heterocycles. The van der Waals surface area contributed by atoms with E-state index in [2.05, 4.69) is 17.1 Å². The fourth-order valence-corrected chi connectivity index (χ4v) is 3.16. The van der Waals surface area contributed by atoms with Crippen LogP contribution in [0.2, 0.25) is 0 Å². The highest BCUT2D eigenvalue weighted by Gasteiger charge is 2.20. The lowest BCUT2D eigenvalue weighted by Crippen LogP contribution is -1.87. The maximum Gasteiger partial charge on any atom is 0.285 e. The SMILES string of the molecule is CSC1=NC(=O)/C(=C/c2ccc(SC)cc2)S1. The average Bonchev–Trinajstić information content (AvgIpc) is 2.71. The predicted molar refractivity (Wildman–Crippen MR) is 79.7 cm³/mol.